The number of amides is 1. The molecule has 33 heavy (non-hydrogen) atoms. The summed E-state index contributed by atoms with van der Waals surface area (Å²) in [6.07, 6.45) is 5.59. The van der Waals surface area contributed by atoms with E-state index in [1.165, 1.54) is 43.5 Å². The SMILES string of the molecule is CN=C(NCc1ccc(N2CCCC2=O)cc1)NCc1ccccc1CN1CCCCC1.I. The predicted molar refractivity (Wildman–Crippen MR) is 146 cm³/mol. The summed E-state index contributed by atoms with van der Waals surface area (Å²) in [5, 5.41) is 6.87. The second kappa shape index (κ2) is 12.9. The number of rotatable bonds is 7. The average molecular weight is 562 g/mol. The number of carbonyl (C=O) groups is 1. The van der Waals surface area contributed by atoms with Gasteiger partial charge in [0, 0.05) is 45.3 Å². The van der Waals surface area contributed by atoms with Crippen molar-refractivity contribution in [3.05, 3.63) is 65.2 Å². The third-order valence-corrected chi connectivity index (χ3v) is 6.41. The highest BCUT2D eigenvalue weighted by atomic mass is 127. The van der Waals surface area contributed by atoms with Gasteiger partial charge in [-0.05, 0) is 61.2 Å². The van der Waals surface area contributed by atoms with Gasteiger partial charge in [0.1, 0.15) is 0 Å². The second-order valence-electron chi connectivity index (χ2n) is 8.70. The molecule has 2 aromatic carbocycles. The summed E-state index contributed by atoms with van der Waals surface area (Å²) in [5.74, 6) is 1.01. The first-order valence-electron chi connectivity index (χ1n) is 11.9. The van der Waals surface area contributed by atoms with E-state index in [4.69, 9.17) is 0 Å². The molecule has 0 unspecified atom stereocenters. The minimum absolute atomic E-state index is 0. The van der Waals surface area contributed by atoms with Gasteiger partial charge in [-0.1, -0.05) is 42.8 Å². The van der Waals surface area contributed by atoms with Gasteiger partial charge in [0.25, 0.3) is 0 Å². The smallest absolute Gasteiger partial charge is 0.227 e. The van der Waals surface area contributed by atoms with Crippen LogP contribution >= 0.6 is 24.0 Å². The number of nitrogens with zero attached hydrogens (tertiary/aromatic N) is 3. The van der Waals surface area contributed by atoms with Crippen molar-refractivity contribution >= 4 is 41.5 Å². The maximum Gasteiger partial charge on any atom is 0.227 e. The molecule has 6 nitrogen and oxygen atoms in total. The van der Waals surface area contributed by atoms with E-state index in [0.29, 0.717) is 13.0 Å². The average Bonchev–Trinajstić information content (AvgIpc) is 3.27. The lowest BCUT2D eigenvalue weighted by atomic mass is 10.0. The van der Waals surface area contributed by atoms with Gasteiger partial charge in [0.2, 0.25) is 5.91 Å². The third kappa shape index (κ3) is 7.17. The Balaban J connectivity index is 0.00000306. The van der Waals surface area contributed by atoms with Crippen molar-refractivity contribution in [2.24, 2.45) is 4.99 Å². The fraction of sp³-hybridized carbons (Fsp3) is 0.462. The van der Waals surface area contributed by atoms with Crippen LogP contribution in [0.4, 0.5) is 5.69 Å². The van der Waals surface area contributed by atoms with Crippen molar-refractivity contribution in [2.45, 2.75) is 51.7 Å². The zero-order chi connectivity index (χ0) is 22.2. The van der Waals surface area contributed by atoms with Gasteiger partial charge in [-0.2, -0.15) is 0 Å². The summed E-state index contributed by atoms with van der Waals surface area (Å²) in [4.78, 5) is 20.7. The molecule has 2 N–H and O–H groups in total. The molecule has 0 bridgehead atoms. The Morgan fingerprint density at radius 3 is 2.24 bits per heavy atom. The Bertz CT molecular complexity index is 925. The van der Waals surface area contributed by atoms with Crippen molar-refractivity contribution in [1.82, 2.24) is 15.5 Å². The lowest BCUT2D eigenvalue weighted by Crippen LogP contribution is -2.36. The molecule has 1 amide bonds. The lowest BCUT2D eigenvalue weighted by Gasteiger charge is -2.27. The summed E-state index contributed by atoms with van der Waals surface area (Å²) in [6, 6.07) is 16.9. The summed E-state index contributed by atoms with van der Waals surface area (Å²) in [7, 11) is 1.80. The number of carbonyl (C=O) groups excluding carboxylic acids is 1. The maximum atomic E-state index is 11.9. The molecular formula is C26H36IN5O. The topological polar surface area (TPSA) is 60.0 Å². The summed E-state index contributed by atoms with van der Waals surface area (Å²) >= 11 is 0. The maximum absolute atomic E-state index is 11.9. The van der Waals surface area contributed by atoms with Crippen molar-refractivity contribution in [3.8, 4) is 0 Å². The molecule has 0 saturated carbocycles. The van der Waals surface area contributed by atoms with Gasteiger partial charge in [0.05, 0.1) is 0 Å². The van der Waals surface area contributed by atoms with Crippen LogP contribution < -0.4 is 15.5 Å². The van der Waals surface area contributed by atoms with Gasteiger partial charge < -0.3 is 15.5 Å². The quantitative estimate of drug-likeness (QED) is 0.301. The van der Waals surface area contributed by atoms with E-state index in [2.05, 4.69) is 56.9 Å². The fourth-order valence-electron chi connectivity index (χ4n) is 4.54. The van der Waals surface area contributed by atoms with Crippen molar-refractivity contribution in [1.29, 1.82) is 0 Å². The van der Waals surface area contributed by atoms with Crippen LogP contribution in [0.5, 0.6) is 0 Å². The minimum Gasteiger partial charge on any atom is -0.352 e. The number of likely N-dealkylation sites (tertiary alicyclic amines) is 1. The molecule has 2 aliphatic heterocycles. The molecule has 2 heterocycles. The van der Waals surface area contributed by atoms with Crippen LogP contribution in [-0.4, -0.2) is 43.4 Å². The molecule has 2 saturated heterocycles. The van der Waals surface area contributed by atoms with E-state index in [1.54, 1.807) is 7.05 Å². The number of piperidine rings is 1. The van der Waals surface area contributed by atoms with Crippen LogP contribution in [0.25, 0.3) is 0 Å². The van der Waals surface area contributed by atoms with Crippen LogP contribution in [0.1, 0.15) is 48.8 Å². The van der Waals surface area contributed by atoms with Gasteiger partial charge in [-0.15, -0.1) is 24.0 Å². The number of hydrogen-bond donors (Lipinski definition) is 2. The summed E-state index contributed by atoms with van der Waals surface area (Å²) in [6.45, 7) is 5.69. The van der Waals surface area contributed by atoms with Gasteiger partial charge in [0.15, 0.2) is 5.96 Å². The molecule has 0 atom stereocenters. The Hall–Kier alpha value is -2.13. The van der Waals surface area contributed by atoms with E-state index in [9.17, 15) is 4.79 Å². The number of benzene rings is 2. The fourth-order valence-corrected chi connectivity index (χ4v) is 4.54. The number of anilines is 1. The number of guanidine groups is 1. The first-order chi connectivity index (χ1) is 15.7. The second-order valence-corrected chi connectivity index (χ2v) is 8.70. The molecule has 0 spiro atoms. The number of nitrogens with one attached hydrogen (secondary N) is 2. The summed E-state index contributed by atoms with van der Waals surface area (Å²) in [5.41, 5.74) is 4.86. The Kier molecular flexibility index (Phi) is 9.99. The zero-order valence-corrected chi connectivity index (χ0v) is 21.9. The van der Waals surface area contributed by atoms with Gasteiger partial charge in [-0.25, -0.2) is 0 Å². The molecule has 4 rings (SSSR count). The molecule has 2 aromatic rings. The van der Waals surface area contributed by atoms with E-state index in [-0.39, 0.29) is 29.9 Å². The van der Waals surface area contributed by atoms with Crippen LogP contribution in [0.2, 0.25) is 0 Å². The standard InChI is InChI=1S/C26H35N5O.HI/c1-27-26(28-18-21-11-13-24(14-12-21)31-17-7-10-25(31)32)29-19-22-8-3-4-9-23(22)20-30-15-5-2-6-16-30;/h3-4,8-9,11-14H,2,5-7,10,15-20H2,1H3,(H2,27,28,29);1H. The molecule has 0 radical (unpaired) electrons. The molecule has 178 valence electrons. The number of aliphatic imine (C=N–C) groups is 1. The highest BCUT2D eigenvalue weighted by molar-refractivity contribution is 14.0. The monoisotopic (exact) mass is 561 g/mol. The van der Waals surface area contributed by atoms with Crippen LogP contribution in [-0.2, 0) is 24.4 Å². The largest absolute Gasteiger partial charge is 0.352 e. The van der Waals surface area contributed by atoms with Crippen LogP contribution in [0.15, 0.2) is 53.5 Å². The van der Waals surface area contributed by atoms with Gasteiger partial charge >= 0.3 is 0 Å². The molecule has 0 aromatic heterocycles. The van der Waals surface area contributed by atoms with Crippen molar-refractivity contribution in [3.63, 3.8) is 0 Å². The van der Waals surface area contributed by atoms with E-state index in [0.717, 1.165) is 43.3 Å². The van der Waals surface area contributed by atoms with E-state index in [1.807, 2.05) is 17.0 Å². The Morgan fingerprint density at radius 2 is 1.58 bits per heavy atom. The molecule has 2 fully saturated rings. The molecule has 0 aliphatic carbocycles. The normalized spacial score (nSPS) is 17.1. The highest BCUT2D eigenvalue weighted by Crippen LogP contribution is 2.21. The summed E-state index contributed by atoms with van der Waals surface area (Å²) < 4.78 is 0. The Morgan fingerprint density at radius 1 is 0.879 bits per heavy atom. The zero-order valence-electron chi connectivity index (χ0n) is 19.6. The minimum atomic E-state index is 0. The van der Waals surface area contributed by atoms with Crippen molar-refractivity contribution in [2.75, 3.05) is 31.6 Å². The first kappa shape index (κ1) is 25.5. The lowest BCUT2D eigenvalue weighted by molar-refractivity contribution is -0.117. The third-order valence-electron chi connectivity index (χ3n) is 6.41. The molecule has 2 aliphatic rings. The van der Waals surface area contributed by atoms with E-state index < -0.39 is 0 Å². The highest BCUT2D eigenvalue weighted by Gasteiger charge is 2.21. The molecule has 7 heteroatoms. The van der Waals surface area contributed by atoms with Crippen LogP contribution in [0.3, 0.4) is 0 Å². The number of hydrogen-bond acceptors (Lipinski definition) is 3. The number of halogens is 1. The van der Waals surface area contributed by atoms with Crippen molar-refractivity contribution < 1.29 is 4.79 Å². The first-order valence-corrected chi connectivity index (χ1v) is 11.9. The Labute approximate surface area is 214 Å². The van der Waals surface area contributed by atoms with Crippen LogP contribution in [0, 0.1) is 0 Å². The van der Waals surface area contributed by atoms with E-state index >= 15 is 0 Å². The molecular weight excluding hydrogens is 525 g/mol. The van der Waals surface area contributed by atoms with Gasteiger partial charge in [-0.3, -0.25) is 14.7 Å². The predicted octanol–water partition coefficient (Wildman–Crippen LogP) is 4.28.